The van der Waals surface area contributed by atoms with Gasteiger partial charge in [-0.2, -0.15) is 0 Å². The summed E-state index contributed by atoms with van der Waals surface area (Å²) in [7, 11) is 0. The van der Waals surface area contributed by atoms with Crippen LogP contribution in [0, 0.1) is 5.92 Å². The minimum absolute atomic E-state index is 0.0280. The molecule has 2 heterocycles. The Bertz CT molecular complexity index is 1080. The lowest BCUT2D eigenvalue weighted by Crippen LogP contribution is -2.39. The van der Waals surface area contributed by atoms with E-state index in [4.69, 9.17) is 9.73 Å². The molecule has 1 fully saturated rings. The van der Waals surface area contributed by atoms with Gasteiger partial charge in [0.1, 0.15) is 5.78 Å². The summed E-state index contributed by atoms with van der Waals surface area (Å²) in [6.07, 6.45) is 4.06. The zero-order valence-corrected chi connectivity index (χ0v) is 18.6. The third-order valence-corrected chi connectivity index (χ3v) is 6.71. The van der Waals surface area contributed by atoms with Gasteiger partial charge in [-0.25, -0.2) is 9.98 Å². The van der Waals surface area contributed by atoms with Crippen LogP contribution in [-0.2, 0) is 4.79 Å². The number of aromatic nitrogens is 2. The van der Waals surface area contributed by atoms with E-state index in [0.29, 0.717) is 35.3 Å². The first-order chi connectivity index (χ1) is 15.0. The highest BCUT2D eigenvalue weighted by Gasteiger charge is 2.43. The van der Waals surface area contributed by atoms with E-state index in [1.165, 1.54) is 11.8 Å². The smallest absolute Gasteiger partial charge is 0.257 e. The predicted octanol–water partition coefficient (Wildman–Crippen LogP) is 4.35. The van der Waals surface area contributed by atoms with E-state index in [0.717, 1.165) is 42.7 Å². The highest BCUT2D eigenvalue weighted by Crippen LogP contribution is 2.45. The van der Waals surface area contributed by atoms with Gasteiger partial charge in [-0.1, -0.05) is 31.2 Å². The lowest BCUT2D eigenvalue weighted by molar-refractivity contribution is -0.121. The van der Waals surface area contributed by atoms with Crippen molar-refractivity contribution in [2.24, 2.45) is 10.9 Å². The zero-order chi connectivity index (χ0) is 22.0. The Hall–Kier alpha value is -2.61. The molecule has 1 aliphatic heterocycles. The van der Waals surface area contributed by atoms with Gasteiger partial charge < -0.3 is 14.8 Å². The lowest BCUT2D eigenvalue weighted by atomic mass is 9.70. The SMILES string of the molecule is CCCCSc1nc2c(c(=O)[nH]1)[C@@H](c1ccc(O)c(OCC)c1)C1C(=O)CCCC1=N2. The van der Waals surface area contributed by atoms with Crippen LogP contribution in [0.2, 0.25) is 0 Å². The number of unbranched alkanes of at least 4 members (excludes halogenated alkanes) is 1. The van der Waals surface area contributed by atoms with E-state index in [2.05, 4.69) is 16.9 Å². The number of aromatic hydroxyl groups is 1. The fourth-order valence-electron chi connectivity index (χ4n) is 4.30. The van der Waals surface area contributed by atoms with Gasteiger partial charge >= 0.3 is 0 Å². The number of fused-ring (bicyclic) bond motifs is 2. The number of H-pyrrole nitrogens is 1. The number of thioether (sulfide) groups is 1. The topological polar surface area (TPSA) is 105 Å². The van der Waals surface area contributed by atoms with Crippen LogP contribution < -0.4 is 10.3 Å². The summed E-state index contributed by atoms with van der Waals surface area (Å²) >= 11 is 1.51. The number of rotatable bonds is 7. The summed E-state index contributed by atoms with van der Waals surface area (Å²) in [5.74, 6) is 0.745. The number of Topliss-reactive ketones (excluding diaryl/α,β-unsaturated/α-hetero) is 1. The van der Waals surface area contributed by atoms with Gasteiger partial charge in [-0.15, -0.1) is 0 Å². The number of phenols is 1. The van der Waals surface area contributed by atoms with Gasteiger partial charge in [0.05, 0.1) is 18.1 Å². The molecule has 0 radical (unpaired) electrons. The first kappa shape index (κ1) is 21.6. The zero-order valence-electron chi connectivity index (χ0n) is 17.8. The Kier molecular flexibility index (Phi) is 6.46. The van der Waals surface area contributed by atoms with E-state index in [9.17, 15) is 14.7 Å². The van der Waals surface area contributed by atoms with Crippen molar-refractivity contribution in [3.63, 3.8) is 0 Å². The van der Waals surface area contributed by atoms with Gasteiger partial charge in [-0.3, -0.25) is 9.59 Å². The number of aliphatic imine (C=N–C) groups is 1. The third kappa shape index (κ3) is 4.26. The molecule has 7 nitrogen and oxygen atoms in total. The van der Waals surface area contributed by atoms with Crippen LogP contribution in [0.25, 0.3) is 0 Å². The molecule has 2 atom stereocenters. The molecule has 2 aliphatic rings. The minimum Gasteiger partial charge on any atom is -0.504 e. The summed E-state index contributed by atoms with van der Waals surface area (Å²) < 4.78 is 5.55. The number of nitrogens with one attached hydrogen (secondary N) is 1. The highest BCUT2D eigenvalue weighted by molar-refractivity contribution is 7.99. The van der Waals surface area contributed by atoms with Crippen LogP contribution in [0.1, 0.15) is 63.0 Å². The minimum atomic E-state index is -0.499. The van der Waals surface area contributed by atoms with E-state index < -0.39 is 11.8 Å². The standard InChI is InChI=1S/C23H27N3O4S/c1-3-5-11-31-23-25-21-20(22(29)26-23)18(19-14(24-21)7-6-8-16(19)28)13-9-10-15(27)17(12-13)30-4-2/h9-10,12,18-19,27H,3-8,11H2,1-2H3,(H,25,26,29)/t18-,19?/m0/s1. The highest BCUT2D eigenvalue weighted by atomic mass is 32.2. The van der Waals surface area contributed by atoms with Crippen molar-refractivity contribution < 1.29 is 14.6 Å². The fourth-order valence-corrected chi connectivity index (χ4v) is 5.24. The summed E-state index contributed by atoms with van der Waals surface area (Å²) in [6, 6.07) is 5.03. The fraction of sp³-hybridized carbons (Fsp3) is 0.478. The van der Waals surface area contributed by atoms with Gasteiger partial charge in [0.25, 0.3) is 5.56 Å². The van der Waals surface area contributed by atoms with Crippen LogP contribution >= 0.6 is 11.8 Å². The van der Waals surface area contributed by atoms with Crippen molar-refractivity contribution in [3.05, 3.63) is 39.7 Å². The second-order valence-corrected chi connectivity index (χ2v) is 8.93. The van der Waals surface area contributed by atoms with E-state index in [1.807, 2.05) is 6.92 Å². The monoisotopic (exact) mass is 441 g/mol. The number of nitrogens with zero attached hydrogens (tertiary/aromatic N) is 2. The second kappa shape index (κ2) is 9.26. The number of phenolic OH excluding ortho intramolecular Hbond substituents is 1. The Labute approximate surface area is 185 Å². The van der Waals surface area contributed by atoms with Crippen molar-refractivity contribution in [2.75, 3.05) is 12.4 Å². The average Bonchev–Trinajstić information content (AvgIpc) is 2.74. The number of ketones is 1. The molecule has 0 saturated heterocycles. The predicted molar refractivity (Wildman–Crippen MR) is 121 cm³/mol. The van der Waals surface area contributed by atoms with Gasteiger partial charge in [0.15, 0.2) is 22.5 Å². The van der Waals surface area contributed by atoms with Crippen molar-refractivity contribution in [2.45, 2.75) is 57.0 Å². The van der Waals surface area contributed by atoms with E-state index in [-0.39, 0.29) is 17.1 Å². The van der Waals surface area contributed by atoms with Crippen molar-refractivity contribution in [1.29, 1.82) is 0 Å². The van der Waals surface area contributed by atoms with Crippen molar-refractivity contribution in [3.8, 4) is 11.5 Å². The quantitative estimate of drug-likeness (QED) is 0.376. The molecule has 1 aromatic carbocycles. The third-order valence-electron chi connectivity index (χ3n) is 5.75. The van der Waals surface area contributed by atoms with E-state index >= 15 is 0 Å². The molecule has 1 aromatic heterocycles. The van der Waals surface area contributed by atoms with Crippen LogP contribution in [0.5, 0.6) is 11.5 Å². The maximum Gasteiger partial charge on any atom is 0.257 e. The number of ether oxygens (including phenoxy) is 1. The molecule has 1 unspecified atom stereocenters. The van der Waals surface area contributed by atoms with E-state index in [1.54, 1.807) is 18.2 Å². The molecule has 2 aromatic rings. The van der Waals surface area contributed by atoms with Crippen molar-refractivity contribution >= 4 is 29.1 Å². The Balaban J connectivity index is 1.84. The largest absolute Gasteiger partial charge is 0.504 e. The Morgan fingerprint density at radius 2 is 2.06 bits per heavy atom. The molecule has 164 valence electrons. The van der Waals surface area contributed by atoms with Crippen molar-refractivity contribution in [1.82, 2.24) is 9.97 Å². The first-order valence-corrected chi connectivity index (χ1v) is 11.8. The molecule has 0 bridgehead atoms. The normalized spacial score (nSPS) is 20.1. The number of aromatic amines is 1. The van der Waals surface area contributed by atoms with Crippen LogP contribution in [0.4, 0.5) is 5.82 Å². The molecule has 2 N–H and O–H groups in total. The van der Waals surface area contributed by atoms with Crippen LogP contribution in [0.3, 0.4) is 0 Å². The van der Waals surface area contributed by atoms with Gasteiger partial charge in [0, 0.05) is 23.8 Å². The number of hydrogen-bond acceptors (Lipinski definition) is 7. The maximum atomic E-state index is 13.2. The number of carbonyl (C=O) groups is 1. The molecule has 8 heteroatoms. The van der Waals surface area contributed by atoms with Crippen LogP contribution in [-0.4, -0.2) is 38.9 Å². The Morgan fingerprint density at radius 1 is 1.23 bits per heavy atom. The first-order valence-electron chi connectivity index (χ1n) is 10.9. The number of carbonyl (C=O) groups excluding carboxylic acids is 1. The molecular formula is C23H27N3O4S. The molecule has 0 amide bonds. The number of hydrogen-bond donors (Lipinski definition) is 2. The molecule has 31 heavy (non-hydrogen) atoms. The molecule has 1 aliphatic carbocycles. The summed E-state index contributed by atoms with van der Waals surface area (Å²) in [6.45, 7) is 4.35. The second-order valence-electron chi connectivity index (χ2n) is 7.85. The Morgan fingerprint density at radius 3 is 2.84 bits per heavy atom. The van der Waals surface area contributed by atoms with Gasteiger partial charge in [-0.05, 0) is 43.9 Å². The summed E-state index contributed by atoms with van der Waals surface area (Å²) in [5.41, 5.74) is 1.69. The lowest BCUT2D eigenvalue weighted by Gasteiger charge is -2.34. The summed E-state index contributed by atoms with van der Waals surface area (Å²) in [5, 5.41) is 10.7. The summed E-state index contributed by atoms with van der Waals surface area (Å²) in [4.78, 5) is 38.4. The average molecular weight is 442 g/mol. The van der Waals surface area contributed by atoms with Crippen LogP contribution in [0.15, 0.2) is 33.1 Å². The van der Waals surface area contributed by atoms with Gasteiger partial charge in [0.2, 0.25) is 0 Å². The molecule has 0 spiro atoms. The molecule has 4 rings (SSSR count). The molecule has 1 saturated carbocycles. The maximum absolute atomic E-state index is 13.2. The molecular weight excluding hydrogens is 414 g/mol. The number of benzene rings is 1.